The number of rotatable bonds is 6. The predicted octanol–water partition coefficient (Wildman–Crippen LogP) is 3.98. The van der Waals surface area contributed by atoms with Gasteiger partial charge in [0.2, 0.25) is 5.91 Å². The first kappa shape index (κ1) is 18.9. The quantitative estimate of drug-likeness (QED) is 0.663. The molecule has 0 fully saturated rings. The van der Waals surface area contributed by atoms with Crippen molar-refractivity contribution in [3.63, 3.8) is 0 Å². The van der Waals surface area contributed by atoms with Crippen LogP contribution in [0.4, 0.5) is 0 Å². The number of aromatic amines is 1. The fourth-order valence-corrected chi connectivity index (χ4v) is 5.16. The zero-order valence-corrected chi connectivity index (χ0v) is 17.1. The van der Waals surface area contributed by atoms with Crippen LogP contribution >= 0.6 is 11.3 Å². The Bertz CT molecular complexity index is 1070. The standard InChI is InChI=1S/C22H25N3O2S/c1-3-16(14-9-7-13(2)8-10-14)23-19(26)12-11-18-24-21(27)20-15-5-4-6-17(15)28-22(20)25-18/h7-10,16H,3-6,11-12H2,1-2H3,(H,23,26)(H,24,25,27)/t16-/m1/s1. The van der Waals surface area contributed by atoms with Gasteiger partial charge in [0, 0.05) is 17.7 Å². The average Bonchev–Trinajstić information content (AvgIpc) is 3.26. The largest absolute Gasteiger partial charge is 0.349 e. The molecule has 2 aromatic heterocycles. The molecule has 0 aliphatic heterocycles. The summed E-state index contributed by atoms with van der Waals surface area (Å²) in [6.45, 7) is 4.12. The summed E-state index contributed by atoms with van der Waals surface area (Å²) in [4.78, 5) is 34.6. The number of amides is 1. The molecule has 5 nitrogen and oxygen atoms in total. The van der Waals surface area contributed by atoms with Crippen molar-refractivity contribution in [3.8, 4) is 0 Å². The Morgan fingerprint density at radius 2 is 2.07 bits per heavy atom. The zero-order chi connectivity index (χ0) is 19.7. The maximum Gasteiger partial charge on any atom is 0.259 e. The van der Waals surface area contributed by atoms with Crippen molar-refractivity contribution in [2.45, 2.75) is 58.4 Å². The number of H-pyrrole nitrogens is 1. The van der Waals surface area contributed by atoms with Gasteiger partial charge in [0.15, 0.2) is 0 Å². The van der Waals surface area contributed by atoms with Gasteiger partial charge in [-0.15, -0.1) is 11.3 Å². The van der Waals surface area contributed by atoms with Crippen LogP contribution in [-0.2, 0) is 24.1 Å². The first-order valence-corrected chi connectivity index (χ1v) is 10.8. The van der Waals surface area contributed by atoms with Gasteiger partial charge >= 0.3 is 0 Å². The van der Waals surface area contributed by atoms with E-state index in [4.69, 9.17) is 0 Å². The van der Waals surface area contributed by atoms with Crippen molar-refractivity contribution < 1.29 is 4.79 Å². The number of hydrogen-bond donors (Lipinski definition) is 2. The van der Waals surface area contributed by atoms with Crippen LogP contribution in [0.3, 0.4) is 0 Å². The molecule has 0 unspecified atom stereocenters. The monoisotopic (exact) mass is 395 g/mol. The van der Waals surface area contributed by atoms with Crippen LogP contribution in [0.1, 0.15) is 59.6 Å². The maximum atomic E-state index is 12.5. The molecule has 0 saturated carbocycles. The first-order valence-electron chi connectivity index (χ1n) is 9.94. The highest BCUT2D eigenvalue weighted by Gasteiger charge is 2.21. The lowest BCUT2D eigenvalue weighted by atomic mass is 10.0. The van der Waals surface area contributed by atoms with Crippen molar-refractivity contribution in [2.75, 3.05) is 0 Å². The third-order valence-electron chi connectivity index (χ3n) is 5.44. The van der Waals surface area contributed by atoms with Crippen molar-refractivity contribution in [3.05, 3.63) is 62.0 Å². The van der Waals surface area contributed by atoms with Crippen molar-refractivity contribution in [1.82, 2.24) is 15.3 Å². The summed E-state index contributed by atoms with van der Waals surface area (Å²) in [5.41, 5.74) is 3.44. The molecule has 0 radical (unpaired) electrons. The molecule has 6 heteroatoms. The van der Waals surface area contributed by atoms with E-state index in [1.807, 2.05) is 0 Å². The summed E-state index contributed by atoms with van der Waals surface area (Å²) in [6, 6.07) is 8.25. The second-order valence-electron chi connectivity index (χ2n) is 7.49. The van der Waals surface area contributed by atoms with Gasteiger partial charge in [-0.1, -0.05) is 36.8 Å². The van der Waals surface area contributed by atoms with Crippen LogP contribution in [0.15, 0.2) is 29.1 Å². The summed E-state index contributed by atoms with van der Waals surface area (Å²) >= 11 is 1.63. The summed E-state index contributed by atoms with van der Waals surface area (Å²) in [7, 11) is 0. The Balaban J connectivity index is 1.43. The highest BCUT2D eigenvalue weighted by atomic mass is 32.1. The molecule has 1 amide bonds. The number of nitrogens with zero attached hydrogens (tertiary/aromatic N) is 1. The number of thiophene rings is 1. The second kappa shape index (κ2) is 7.87. The lowest BCUT2D eigenvalue weighted by Gasteiger charge is -2.17. The summed E-state index contributed by atoms with van der Waals surface area (Å²) in [5, 5.41) is 3.86. The Labute approximate surface area is 168 Å². The fraction of sp³-hybridized carbons (Fsp3) is 0.409. The third kappa shape index (κ3) is 3.74. The molecule has 1 aromatic carbocycles. The van der Waals surface area contributed by atoms with Crippen molar-refractivity contribution >= 4 is 27.5 Å². The number of fused-ring (bicyclic) bond motifs is 3. The fourth-order valence-electron chi connectivity index (χ4n) is 3.88. The van der Waals surface area contributed by atoms with E-state index >= 15 is 0 Å². The van der Waals surface area contributed by atoms with Gasteiger partial charge in [-0.05, 0) is 43.7 Å². The van der Waals surface area contributed by atoms with E-state index in [9.17, 15) is 9.59 Å². The number of carbonyl (C=O) groups is 1. The molecule has 4 rings (SSSR count). The molecule has 1 aliphatic carbocycles. The number of benzene rings is 1. The molecule has 146 valence electrons. The Hall–Kier alpha value is -2.47. The third-order valence-corrected chi connectivity index (χ3v) is 6.62. The van der Waals surface area contributed by atoms with Crippen molar-refractivity contribution in [1.29, 1.82) is 0 Å². The van der Waals surface area contributed by atoms with Gasteiger partial charge in [0.05, 0.1) is 11.4 Å². The Morgan fingerprint density at radius 3 is 2.82 bits per heavy atom. The minimum atomic E-state index is -0.0640. The van der Waals surface area contributed by atoms with E-state index in [0.717, 1.165) is 41.5 Å². The zero-order valence-electron chi connectivity index (χ0n) is 16.3. The van der Waals surface area contributed by atoms with Gasteiger partial charge in [-0.3, -0.25) is 9.59 Å². The molecule has 0 bridgehead atoms. The van der Waals surface area contributed by atoms with Gasteiger partial charge in [0.1, 0.15) is 10.7 Å². The lowest BCUT2D eigenvalue weighted by Crippen LogP contribution is -2.28. The average molecular weight is 396 g/mol. The van der Waals surface area contributed by atoms with E-state index in [0.29, 0.717) is 18.7 Å². The Morgan fingerprint density at radius 1 is 1.29 bits per heavy atom. The SMILES string of the molecule is CC[C@@H](NC(=O)CCc1nc2sc3c(c2c(=O)[nH]1)CCC3)c1ccc(C)cc1. The number of nitrogens with one attached hydrogen (secondary N) is 2. The molecule has 1 atom stereocenters. The molecule has 2 N–H and O–H groups in total. The van der Waals surface area contributed by atoms with Crippen LogP contribution in [-0.4, -0.2) is 15.9 Å². The van der Waals surface area contributed by atoms with Gasteiger partial charge in [0.25, 0.3) is 5.56 Å². The highest BCUT2D eigenvalue weighted by molar-refractivity contribution is 7.18. The van der Waals surface area contributed by atoms with Gasteiger partial charge in [-0.2, -0.15) is 0 Å². The van der Waals surface area contributed by atoms with E-state index in [1.165, 1.54) is 16.0 Å². The molecular weight excluding hydrogens is 370 g/mol. The van der Waals surface area contributed by atoms with Crippen LogP contribution in [0.5, 0.6) is 0 Å². The highest BCUT2D eigenvalue weighted by Crippen LogP contribution is 2.34. The van der Waals surface area contributed by atoms with E-state index < -0.39 is 0 Å². The maximum absolute atomic E-state index is 12.5. The Kier molecular flexibility index (Phi) is 5.31. The number of aromatic nitrogens is 2. The normalized spacial score (nSPS) is 14.2. The topological polar surface area (TPSA) is 74.8 Å². The minimum Gasteiger partial charge on any atom is -0.349 e. The van der Waals surface area contributed by atoms with E-state index in [2.05, 4.69) is 53.4 Å². The number of hydrogen-bond acceptors (Lipinski definition) is 4. The first-order chi connectivity index (χ1) is 13.5. The molecule has 0 spiro atoms. The number of carbonyl (C=O) groups excluding carboxylic acids is 1. The van der Waals surface area contributed by atoms with E-state index in [-0.39, 0.29) is 17.5 Å². The van der Waals surface area contributed by atoms with Crippen LogP contribution < -0.4 is 10.9 Å². The summed E-state index contributed by atoms with van der Waals surface area (Å²) < 4.78 is 0. The number of aryl methyl sites for hydroxylation is 4. The molecule has 3 aromatic rings. The van der Waals surface area contributed by atoms with Gasteiger partial charge < -0.3 is 10.3 Å². The van der Waals surface area contributed by atoms with E-state index in [1.54, 1.807) is 11.3 Å². The van der Waals surface area contributed by atoms with Crippen molar-refractivity contribution in [2.24, 2.45) is 0 Å². The molecule has 28 heavy (non-hydrogen) atoms. The van der Waals surface area contributed by atoms with Crippen LogP contribution in [0.2, 0.25) is 0 Å². The minimum absolute atomic E-state index is 0.00265. The molecular formula is C22H25N3O2S. The lowest BCUT2D eigenvalue weighted by molar-refractivity contribution is -0.121. The second-order valence-corrected chi connectivity index (χ2v) is 8.57. The summed E-state index contributed by atoms with van der Waals surface area (Å²) in [6.07, 6.45) is 4.71. The molecule has 0 saturated heterocycles. The van der Waals surface area contributed by atoms with Crippen LogP contribution in [0, 0.1) is 6.92 Å². The smallest absolute Gasteiger partial charge is 0.259 e. The predicted molar refractivity (Wildman–Crippen MR) is 113 cm³/mol. The molecule has 2 heterocycles. The van der Waals surface area contributed by atoms with Gasteiger partial charge in [-0.25, -0.2) is 4.98 Å². The molecule has 1 aliphatic rings. The summed E-state index contributed by atoms with van der Waals surface area (Å²) in [5.74, 6) is 0.569. The van der Waals surface area contributed by atoms with Crippen LogP contribution in [0.25, 0.3) is 10.2 Å².